The van der Waals surface area contributed by atoms with Gasteiger partial charge in [0.25, 0.3) is 0 Å². The van der Waals surface area contributed by atoms with E-state index in [4.69, 9.17) is 21.8 Å². The Morgan fingerprint density at radius 3 is 2.48 bits per heavy atom. The number of hydrogen-bond acceptors (Lipinski definition) is 4. The number of benzene rings is 2. The lowest BCUT2D eigenvalue weighted by Gasteiger charge is -1.99. The zero-order valence-corrected chi connectivity index (χ0v) is 12.7. The Labute approximate surface area is 132 Å². The average molecular weight is 317 g/mol. The van der Waals surface area contributed by atoms with Gasteiger partial charge in [0, 0.05) is 26.9 Å². The quantitative estimate of drug-likeness (QED) is 0.551. The fraction of sp³-hybridized carbons (Fsp3) is 0.0625. The van der Waals surface area contributed by atoms with Crippen molar-refractivity contribution in [3.8, 4) is 11.5 Å². The Kier molecular flexibility index (Phi) is 4.18. The molecule has 0 radical (unpaired) electrons. The Bertz CT molecular complexity index is 723. The standard InChI is InChI=1S/C16H13ClN2OS/c17-12-3-1-11(2-4-12)16-19-14(9-20-16)10-21-15-7-5-13(18)6-8-15/h1-9H,10,18H2. The summed E-state index contributed by atoms with van der Waals surface area (Å²) < 4.78 is 5.51. The molecule has 0 bridgehead atoms. The minimum atomic E-state index is 0.611. The Hall–Kier alpha value is -1.91. The average Bonchev–Trinajstić information content (AvgIpc) is 2.96. The van der Waals surface area contributed by atoms with Crippen molar-refractivity contribution in [1.82, 2.24) is 4.98 Å². The van der Waals surface area contributed by atoms with Crippen LogP contribution < -0.4 is 5.73 Å². The van der Waals surface area contributed by atoms with Crippen LogP contribution in [0.25, 0.3) is 11.5 Å². The van der Waals surface area contributed by atoms with E-state index >= 15 is 0 Å². The second-order valence-corrected chi connectivity index (χ2v) is 5.99. The number of aromatic nitrogens is 1. The van der Waals surface area contributed by atoms with Crippen LogP contribution in [0.3, 0.4) is 0 Å². The Morgan fingerprint density at radius 2 is 1.76 bits per heavy atom. The molecule has 3 nitrogen and oxygen atoms in total. The molecule has 0 amide bonds. The number of nitrogens with two attached hydrogens (primary N) is 1. The minimum Gasteiger partial charge on any atom is -0.444 e. The van der Waals surface area contributed by atoms with Gasteiger partial charge in [-0.25, -0.2) is 4.98 Å². The predicted molar refractivity (Wildman–Crippen MR) is 87.4 cm³/mol. The monoisotopic (exact) mass is 316 g/mol. The molecule has 21 heavy (non-hydrogen) atoms. The Balaban J connectivity index is 1.67. The lowest BCUT2D eigenvalue weighted by molar-refractivity contribution is 0.573. The lowest BCUT2D eigenvalue weighted by Crippen LogP contribution is -1.84. The smallest absolute Gasteiger partial charge is 0.226 e. The highest BCUT2D eigenvalue weighted by Crippen LogP contribution is 2.26. The molecule has 0 saturated carbocycles. The lowest BCUT2D eigenvalue weighted by atomic mass is 10.2. The van der Waals surface area contributed by atoms with Gasteiger partial charge in [0.15, 0.2) is 0 Å². The van der Waals surface area contributed by atoms with Crippen molar-refractivity contribution in [3.05, 3.63) is 65.5 Å². The van der Waals surface area contributed by atoms with Gasteiger partial charge in [-0.3, -0.25) is 0 Å². The summed E-state index contributed by atoms with van der Waals surface area (Å²) in [7, 11) is 0. The summed E-state index contributed by atoms with van der Waals surface area (Å²) in [5, 5.41) is 0.699. The molecule has 0 aliphatic rings. The number of oxazole rings is 1. The maximum absolute atomic E-state index is 5.87. The third-order valence-corrected chi connectivity index (χ3v) is 4.21. The van der Waals surface area contributed by atoms with Gasteiger partial charge < -0.3 is 10.2 Å². The van der Waals surface area contributed by atoms with Crippen LogP contribution >= 0.6 is 23.4 Å². The molecule has 0 unspecified atom stereocenters. The van der Waals surface area contributed by atoms with Gasteiger partial charge in [-0.2, -0.15) is 0 Å². The molecule has 1 aromatic heterocycles. The van der Waals surface area contributed by atoms with Crippen LogP contribution in [-0.2, 0) is 5.75 Å². The zero-order valence-electron chi connectivity index (χ0n) is 11.1. The molecule has 3 rings (SSSR count). The second-order valence-electron chi connectivity index (χ2n) is 4.51. The molecule has 5 heteroatoms. The molecule has 0 saturated heterocycles. The van der Waals surface area contributed by atoms with Gasteiger partial charge in [-0.1, -0.05) is 11.6 Å². The molecule has 1 heterocycles. The molecule has 0 fully saturated rings. The number of thioether (sulfide) groups is 1. The van der Waals surface area contributed by atoms with Gasteiger partial charge >= 0.3 is 0 Å². The van der Waals surface area contributed by atoms with E-state index in [1.54, 1.807) is 18.0 Å². The Morgan fingerprint density at radius 1 is 1.05 bits per heavy atom. The molecule has 3 aromatic rings. The van der Waals surface area contributed by atoms with Crippen LogP contribution in [0.15, 0.2) is 64.1 Å². The number of halogens is 1. The summed E-state index contributed by atoms with van der Waals surface area (Å²) in [6.45, 7) is 0. The normalized spacial score (nSPS) is 10.7. The molecule has 106 valence electrons. The fourth-order valence-electron chi connectivity index (χ4n) is 1.82. The first-order valence-corrected chi connectivity index (χ1v) is 7.76. The van der Waals surface area contributed by atoms with Gasteiger partial charge in [0.2, 0.25) is 5.89 Å². The highest BCUT2D eigenvalue weighted by atomic mass is 35.5. The van der Waals surface area contributed by atoms with E-state index in [1.807, 2.05) is 48.5 Å². The van der Waals surface area contributed by atoms with E-state index in [0.29, 0.717) is 10.9 Å². The molecule has 0 atom stereocenters. The summed E-state index contributed by atoms with van der Waals surface area (Å²) in [4.78, 5) is 5.64. The summed E-state index contributed by atoms with van der Waals surface area (Å²) in [6, 6.07) is 15.2. The number of hydrogen-bond donors (Lipinski definition) is 1. The molecular formula is C16H13ClN2OS. The molecule has 0 aliphatic carbocycles. The van der Waals surface area contributed by atoms with Gasteiger partial charge in [0.1, 0.15) is 6.26 Å². The van der Waals surface area contributed by atoms with Crippen molar-refractivity contribution < 1.29 is 4.42 Å². The van der Waals surface area contributed by atoms with E-state index in [-0.39, 0.29) is 0 Å². The first kappa shape index (κ1) is 14.0. The summed E-state index contributed by atoms with van der Waals surface area (Å²) in [5.74, 6) is 1.36. The van der Waals surface area contributed by atoms with Gasteiger partial charge in [-0.05, 0) is 48.5 Å². The van der Waals surface area contributed by atoms with Crippen molar-refractivity contribution in [2.45, 2.75) is 10.6 Å². The first-order valence-electron chi connectivity index (χ1n) is 6.39. The van der Waals surface area contributed by atoms with E-state index < -0.39 is 0 Å². The van der Waals surface area contributed by atoms with Crippen molar-refractivity contribution in [1.29, 1.82) is 0 Å². The maximum Gasteiger partial charge on any atom is 0.226 e. The van der Waals surface area contributed by atoms with Gasteiger partial charge in [0.05, 0.1) is 5.69 Å². The number of anilines is 1. The highest BCUT2D eigenvalue weighted by Gasteiger charge is 2.07. The molecule has 0 spiro atoms. The molecular weight excluding hydrogens is 304 g/mol. The third kappa shape index (κ3) is 3.60. The third-order valence-electron chi connectivity index (χ3n) is 2.91. The van der Waals surface area contributed by atoms with Crippen LogP contribution in [0, 0.1) is 0 Å². The summed E-state index contributed by atoms with van der Waals surface area (Å²) >= 11 is 7.56. The van der Waals surface area contributed by atoms with Crippen LogP contribution in [0.1, 0.15) is 5.69 Å². The van der Waals surface area contributed by atoms with Gasteiger partial charge in [-0.15, -0.1) is 11.8 Å². The summed E-state index contributed by atoms with van der Waals surface area (Å²) in [6.07, 6.45) is 1.69. The maximum atomic E-state index is 5.87. The number of nitrogen functional groups attached to an aromatic ring is 1. The van der Waals surface area contributed by atoms with Crippen molar-refractivity contribution >= 4 is 29.1 Å². The van der Waals surface area contributed by atoms with Crippen molar-refractivity contribution in [2.75, 3.05) is 5.73 Å². The van der Waals surface area contributed by atoms with E-state index in [9.17, 15) is 0 Å². The predicted octanol–water partition coefficient (Wildman–Crippen LogP) is 4.87. The zero-order chi connectivity index (χ0) is 14.7. The summed E-state index contributed by atoms with van der Waals surface area (Å²) in [5.41, 5.74) is 8.26. The van der Waals surface area contributed by atoms with E-state index in [1.165, 1.54) is 0 Å². The van der Waals surface area contributed by atoms with E-state index in [0.717, 1.165) is 27.6 Å². The molecule has 2 N–H and O–H groups in total. The minimum absolute atomic E-state index is 0.611. The SMILES string of the molecule is Nc1ccc(SCc2coc(-c3ccc(Cl)cc3)n2)cc1. The number of rotatable bonds is 4. The van der Waals surface area contributed by atoms with Crippen LogP contribution in [-0.4, -0.2) is 4.98 Å². The first-order chi connectivity index (χ1) is 10.2. The van der Waals surface area contributed by atoms with Crippen LogP contribution in [0.2, 0.25) is 5.02 Å². The second kappa shape index (κ2) is 6.24. The molecule has 0 aliphatic heterocycles. The van der Waals surface area contributed by atoms with Crippen LogP contribution in [0.4, 0.5) is 5.69 Å². The number of nitrogens with zero attached hydrogens (tertiary/aromatic N) is 1. The fourth-order valence-corrected chi connectivity index (χ4v) is 2.72. The van der Waals surface area contributed by atoms with Crippen molar-refractivity contribution in [3.63, 3.8) is 0 Å². The van der Waals surface area contributed by atoms with Crippen molar-refractivity contribution in [2.24, 2.45) is 0 Å². The highest BCUT2D eigenvalue weighted by molar-refractivity contribution is 7.98. The van der Waals surface area contributed by atoms with E-state index in [2.05, 4.69) is 4.98 Å². The topological polar surface area (TPSA) is 52.0 Å². The molecule has 2 aromatic carbocycles. The van der Waals surface area contributed by atoms with Crippen LogP contribution in [0.5, 0.6) is 0 Å². The largest absolute Gasteiger partial charge is 0.444 e.